The van der Waals surface area contributed by atoms with Gasteiger partial charge in [0.1, 0.15) is 5.75 Å². The maximum Gasteiger partial charge on any atom is 0.311 e. The maximum atomic E-state index is 11.1. The molecule has 1 unspecified atom stereocenters. The standard InChI is InChI=1S/C15H10Cl2N2O3/c1-9(8-18)10-2-3-14(19(20)21)15(4-10)22-13-6-11(16)5-12(17)7-13/h2-7,9H,1H3. The first-order valence-electron chi connectivity index (χ1n) is 6.22. The summed E-state index contributed by atoms with van der Waals surface area (Å²) in [5.41, 5.74) is 0.418. The largest absolute Gasteiger partial charge is 0.450 e. The third-order valence-electron chi connectivity index (χ3n) is 2.94. The van der Waals surface area contributed by atoms with Gasteiger partial charge in [-0.05, 0) is 36.8 Å². The Kier molecular flexibility index (Phi) is 4.86. The summed E-state index contributed by atoms with van der Waals surface area (Å²) >= 11 is 11.8. The van der Waals surface area contributed by atoms with Gasteiger partial charge in [0.25, 0.3) is 0 Å². The van der Waals surface area contributed by atoms with Crippen LogP contribution >= 0.6 is 23.2 Å². The molecule has 2 aromatic carbocycles. The highest BCUT2D eigenvalue weighted by atomic mass is 35.5. The van der Waals surface area contributed by atoms with Gasteiger partial charge in [-0.1, -0.05) is 29.3 Å². The first-order chi connectivity index (χ1) is 10.4. The van der Waals surface area contributed by atoms with Crippen molar-refractivity contribution in [2.75, 3.05) is 0 Å². The van der Waals surface area contributed by atoms with Gasteiger partial charge in [0.2, 0.25) is 5.75 Å². The lowest BCUT2D eigenvalue weighted by atomic mass is 10.0. The molecule has 0 aliphatic carbocycles. The predicted octanol–water partition coefficient (Wildman–Crippen LogP) is 5.32. The molecule has 2 aromatic rings. The monoisotopic (exact) mass is 336 g/mol. The van der Waals surface area contributed by atoms with Crippen molar-refractivity contribution in [2.24, 2.45) is 0 Å². The Balaban J connectivity index is 2.47. The number of nitro benzene ring substituents is 1. The smallest absolute Gasteiger partial charge is 0.311 e. The van der Waals surface area contributed by atoms with Crippen LogP contribution in [0.5, 0.6) is 11.5 Å². The number of hydrogen-bond donors (Lipinski definition) is 0. The second kappa shape index (κ2) is 6.65. The number of hydrogen-bond acceptors (Lipinski definition) is 4. The van der Waals surface area contributed by atoms with Crippen molar-refractivity contribution < 1.29 is 9.66 Å². The molecule has 0 N–H and O–H groups in total. The number of ether oxygens (including phenoxy) is 1. The van der Waals surface area contributed by atoms with Crippen LogP contribution in [-0.2, 0) is 0 Å². The minimum atomic E-state index is -0.553. The molecule has 0 spiro atoms. The van der Waals surface area contributed by atoms with E-state index in [2.05, 4.69) is 6.07 Å². The van der Waals surface area contributed by atoms with Crippen LogP contribution in [0.15, 0.2) is 36.4 Å². The molecule has 7 heteroatoms. The van der Waals surface area contributed by atoms with E-state index in [9.17, 15) is 10.1 Å². The summed E-state index contributed by atoms with van der Waals surface area (Å²) in [6.45, 7) is 1.70. The molecule has 0 saturated heterocycles. The van der Waals surface area contributed by atoms with Gasteiger partial charge in [-0.15, -0.1) is 0 Å². The molecule has 0 fully saturated rings. The quantitative estimate of drug-likeness (QED) is 0.559. The van der Waals surface area contributed by atoms with Crippen LogP contribution in [0.1, 0.15) is 18.4 Å². The van der Waals surface area contributed by atoms with Crippen molar-refractivity contribution in [3.63, 3.8) is 0 Å². The summed E-state index contributed by atoms with van der Waals surface area (Å²) in [5.74, 6) is -0.101. The Morgan fingerprint density at radius 3 is 2.41 bits per heavy atom. The third-order valence-corrected chi connectivity index (χ3v) is 3.37. The fourth-order valence-electron chi connectivity index (χ4n) is 1.82. The lowest BCUT2D eigenvalue weighted by molar-refractivity contribution is -0.385. The Hall–Kier alpha value is -2.29. The van der Waals surface area contributed by atoms with Gasteiger partial charge in [0, 0.05) is 16.1 Å². The zero-order valence-electron chi connectivity index (χ0n) is 11.4. The number of nitro groups is 1. The Morgan fingerprint density at radius 2 is 1.86 bits per heavy atom. The number of benzene rings is 2. The van der Waals surface area contributed by atoms with E-state index < -0.39 is 10.8 Å². The van der Waals surface area contributed by atoms with E-state index in [-0.39, 0.29) is 17.2 Å². The van der Waals surface area contributed by atoms with Crippen LogP contribution in [0.25, 0.3) is 0 Å². The minimum absolute atomic E-state index is 0.0305. The molecule has 0 amide bonds. The topological polar surface area (TPSA) is 76.2 Å². The molecule has 0 aromatic heterocycles. The molecule has 0 saturated carbocycles. The number of rotatable bonds is 4. The van der Waals surface area contributed by atoms with E-state index in [0.717, 1.165) is 0 Å². The Bertz CT molecular complexity index is 752. The molecule has 112 valence electrons. The van der Waals surface area contributed by atoms with Crippen molar-refractivity contribution in [3.05, 3.63) is 62.1 Å². The molecule has 5 nitrogen and oxygen atoms in total. The van der Waals surface area contributed by atoms with Gasteiger partial charge in [-0.2, -0.15) is 5.26 Å². The molecular formula is C15H10Cl2N2O3. The number of nitrogens with zero attached hydrogens (tertiary/aromatic N) is 2. The van der Waals surface area contributed by atoms with Crippen LogP contribution in [0.3, 0.4) is 0 Å². The third kappa shape index (κ3) is 3.67. The number of halogens is 2. The van der Waals surface area contributed by atoms with Gasteiger partial charge < -0.3 is 4.74 Å². The lowest BCUT2D eigenvalue weighted by Gasteiger charge is -2.10. The zero-order valence-corrected chi connectivity index (χ0v) is 12.9. The highest BCUT2D eigenvalue weighted by molar-refractivity contribution is 6.34. The van der Waals surface area contributed by atoms with Gasteiger partial charge in [-0.3, -0.25) is 10.1 Å². The summed E-state index contributed by atoms with van der Waals surface area (Å²) in [5, 5.41) is 20.8. The molecular weight excluding hydrogens is 327 g/mol. The Labute approximate surface area is 136 Å². The lowest BCUT2D eigenvalue weighted by Crippen LogP contribution is -1.97. The fraction of sp³-hybridized carbons (Fsp3) is 0.133. The predicted molar refractivity (Wildman–Crippen MR) is 83.7 cm³/mol. The van der Waals surface area contributed by atoms with Gasteiger partial charge in [0.15, 0.2) is 0 Å². The van der Waals surface area contributed by atoms with Crippen LogP contribution in [0.2, 0.25) is 10.0 Å². The van der Waals surface area contributed by atoms with Crippen molar-refractivity contribution in [3.8, 4) is 17.6 Å². The summed E-state index contributed by atoms with van der Waals surface area (Å²) < 4.78 is 5.55. The van der Waals surface area contributed by atoms with Gasteiger partial charge in [-0.25, -0.2) is 0 Å². The normalized spacial score (nSPS) is 11.5. The van der Waals surface area contributed by atoms with E-state index >= 15 is 0 Å². The molecule has 2 rings (SSSR count). The first kappa shape index (κ1) is 16.1. The molecule has 22 heavy (non-hydrogen) atoms. The summed E-state index contributed by atoms with van der Waals surface area (Å²) in [6.07, 6.45) is 0. The molecule has 0 heterocycles. The van der Waals surface area contributed by atoms with Crippen LogP contribution < -0.4 is 4.74 Å². The van der Waals surface area contributed by atoms with E-state index in [1.165, 1.54) is 36.4 Å². The average Bonchev–Trinajstić information content (AvgIpc) is 2.45. The first-order valence-corrected chi connectivity index (χ1v) is 6.98. The van der Waals surface area contributed by atoms with Crippen molar-refractivity contribution in [1.29, 1.82) is 5.26 Å². The maximum absolute atomic E-state index is 11.1. The van der Waals surface area contributed by atoms with E-state index in [1.807, 2.05) is 0 Å². The van der Waals surface area contributed by atoms with E-state index in [4.69, 9.17) is 33.2 Å². The van der Waals surface area contributed by atoms with Crippen LogP contribution in [0.4, 0.5) is 5.69 Å². The van der Waals surface area contributed by atoms with Crippen LogP contribution in [0, 0.1) is 21.4 Å². The Morgan fingerprint density at radius 1 is 1.23 bits per heavy atom. The molecule has 0 aliphatic heterocycles. The average molecular weight is 337 g/mol. The second-order valence-electron chi connectivity index (χ2n) is 4.54. The van der Waals surface area contributed by atoms with Gasteiger partial charge in [0.05, 0.1) is 16.9 Å². The highest BCUT2D eigenvalue weighted by Gasteiger charge is 2.18. The molecule has 0 aliphatic rings. The van der Waals surface area contributed by atoms with Crippen molar-refractivity contribution >= 4 is 28.9 Å². The van der Waals surface area contributed by atoms with Gasteiger partial charge >= 0.3 is 5.69 Å². The fourth-order valence-corrected chi connectivity index (χ4v) is 2.33. The van der Waals surface area contributed by atoms with E-state index in [1.54, 1.807) is 6.92 Å². The molecule has 1 atom stereocenters. The van der Waals surface area contributed by atoms with Crippen molar-refractivity contribution in [1.82, 2.24) is 0 Å². The summed E-state index contributed by atoms with van der Waals surface area (Å²) in [4.78, 5) is 10.6. The zero-order chi connectivity index (χ0) is 16.3. The summed E-state index contributed by atoms with van der Waals surface area (Å²) in [6, 6.07) is 10.9. The van der Waals surface area contributed by atoms with E-state index in [0.29, 0.717) is 15.6 Å². The summed E-state index contributed by atoms with van der Waals surface area (Å²) in [7, 11) is 0. The van der Waals surface area contributed by atoms with Crippen LogP contribution in [-0.4, -0.2) is 4.92 Å². The minimum Gasteiger partial charge on any atom is -0.450 e. The SMILES string of the molecule is CC(C#N)c1ccc([N+](=O)[O-])c(Oc2cc(Cl)cc(Cl)c2)c1. The number of nitriles is 1. The second-order valence-corrected chi connectivity index (χ2v) is 5.42. The van der Waals surface area contributed by atoms with Crippen molar-refractivity contribution in [2.45, 2.75) is 12.8 Å². The molecule has 0 bridgehead atoms. The highest BCUT2D eigenvalue weighted by Crippen LogP contribution is 2.35. The molecule has 0 radical (unpaired) electrons.